The van der Waals surface area contributed by atoms with Crippen LogP contribution in [0.5, 0.6) is 0 Å². The van der Waals surface area contributed by atoms with Crippen molar-refractivity contribution in [2.45, 2.75) is 54.4 Å². The Labute approximate surface area is 146 Å². The van der Waals surface area contributed by atoms with Crippen LogP contribution < -0.4 is 0 Å². The summed E-state index contributed by atoms with van der Waals surface area (Å²) >= 11 is 0. The fraction of sp³-hybridized carbons (Fsp3) is 0.714. The van der Waals surface area contributed by atoms with Crippen molar-refractivity contribution in [2.24, 2.45) is 5.41 Å². The van der Waals surface area contributed by atoms with Gasteiger partial charge in [-0.15, -0.1) is 31.7 Å². The van der Waals surface area contributed by atoms with Crippen molar-refractivity contribution < 1.29 is 26.6 Å². The first-order valence-electron chi connectivity index (χ1n) is 5.95. The standard InChI is InChI=1S/C10H15.C4H10NO.2ClH.Ti/c1-7-6-10(4,5)9(3)8(7)2;1-2-3-4-6-5;;;/h1-5H3;5H,2-4H2,1H3;2*1H;/q2*-1;;;+2. The average molecular weight is 344 g/mol. The molecule has 1 rings (SSSR count). The molecule has 1 aliphatic carbocycles. The first kappa shape index (κ1) is 27.9. The molecule has 0 saturated carbocycles. The monoisotopic (exact) mass is 343 g/mol. The Bertz CT molecular complexity index is 285. The van der Waals surface area contributed by atoms with Crippen LogP contribution in [0.4, 0.5) is 0 Å². The van der Waals surface area contributed by atoms with E-state index in [1.54, 1.807) is 0 Å². The minimum atomic E-state index is 0. The zero-order chi connectivity index (χ0) is 12.8. The Morgan fingerprint density at radius 2 is 1.63 bits per heavy atom. The normalized spacial score (nSPS) is 15.2. The van der Waals surface area contributed by atoms with Crippen LogP contribution >= 0.6 is 24.8 Å². The second kappa shape index (κ2) is 13.7. The number of nitrogens with one attached hydrogen (secondary N) is 1. The maximum absolute atomic E-state index is 6.21. The average Bonchev–Trinajstić information content (AvgIpc) is 2.40. The van der Waals surface area contributed by atoms with Crippen molar-refractivity contribution in [3.8, 4) is 0 Å². The predicted octanol–water partition coefficient (Wildman–Crippen LogP) is 5.72. The topological polar surface area (TPSA) is 33.0 Å². The summed E-state index contributed by atoms with van der Waals surface area (Å²) in [5.41, 5.74) is 4.39. The third kappa shape index (κ3) is 10.1. The maximum Gasteiger partial charge on any atom is 2.00 e. The van der Waals surface area contributed by atoms with E-state index in [-0.39, 0.29) is 51.9 Å². The summed E-state index contributed by atoms with van der Waals surface area (Å²) in [4.78, 5) is 4.03. The molecule has 0 radical (unpaired) electrons. The van der Waals surface area contributed by atoms with Gasteiger partial charge in [-0.1, -0.05) is 46.5 Å². The summed E-state index contributed by atoms with van der Waals surface area (Å²) in [5.74, 6) is 6.21. The van der Waals surface area contributed by atoms with Gasteiger partial charge in [0.05, 0.1) is 0 Å². The molecule has 0 heterocycles. The van der Waals surface area contributed by atoms with E-state index in [1.165, 1.54) is 16.7 Å². The molecule has 0 atom stereocenters. The van der Waals surface area contributed by atoms with Crippen LogP contribution in [0.15, 0.2) is 16.7 Å². The molecule has 0 amide bonds. The van der Waals surface area contributed by atoms with Gasteiger partial charge in [-0.3, -0.25) is 6.08 Å². The number of hydrogen-bond acceptors (Lipinski definition) is 1. The zero-order valence-electron chi connectivity index (χ0n) is 12.8. The summed E-state index contributed by atoms with van der Waals surface area (Å²) in [6.45, 7) is 13.6. The van der Waals surface area contributed by atoms with Crippen LogP contribution in [0.2, 0.25) is 0 Å². The van der Waals surface area contributed by atoms with E-state index < -0.39 is 0 Å². The molecule has 0 unspecified atom stereocenters. The Hall–Kier alpha value is 0.694. The van der Waals surface area contributed by atoms with Gasteiger partial charge in [0.15, 0.2) is 0 Å². The molecule has 0 bridgehead atoms. The van der Waals surface area contributed by atoms with Crippen molar-refractivity contribution in [1.82, 2.24) is 0 Å². The first-order valence-corrected chi connectivity index (χ1v) is 5.95. The smallest absolute Gasteiger partial charge is 0.549 e. The summed E-state index contributed by atoms with van der Waals surface area (Å²) in [5, 5.41) is 0. The third-order valence-electron chi connectivity index (χ3n) is 3.16. The van der Waals surface area contributed by atoms with Gasteiger partial charge in [0.25, 0.3) is 0 Å². The summed E-state index contributed by atoms with van der Waals surface area (Å²) < 4.78 is 0. The molecule has 112 valence electrons. The summed E-state index contributed by atoms with van der Waals surface area (Å²) in [7, 11) is 0. The van der Waals surface area contributed by atoms with E-state index in [1.807, 2.05) is 0 Å². The number of hydrogen-bond donors (Lipinski definition) is 0. The molecule has 0 fully saturated rings. The Morgan fingerprint density at radius 3 is 1.74 bits per heavy atom. The molecule has 0 aromatic rings. The summed E-state index contributed by atoms with van der Waals surface area (Å²) in [6, 6.07) is 0. The van der Waals surface area contributed by atoms with Gasteiger partial charge in [-0.25, -0.2) is 5.57 Å². The van der Waals surface area contributed by atoms with Gasteiger partial charge in [0.1, 0.15) is 0 Å². The minimum absolute atomic E-state index is 0. The van der Waals surface area contributed by atoms with Gasteiger partial charge in [-0.2, -0.15) is 11.1 Å². The van der Waals surface area contributed by atoms with Crippen LogP contribution in [0.25, 0.3) is 5.90 Å². The van der Waals surface area contributed by atoms with E-state index in [4.69, 9.17) is 5.90 Å². The van der Waals surface area contributed by atoms with Crippen LogP contribution in [0.3, 0.4) is 0 Å². The number of rotatable bonds is 3. The minimum Gasteiger partial charge on any atom is -0.549 e. The molecule has 19 heavy (non-hydrogen) atoms. The molecule has 0 aromatic heterocycles. The second-order valence-corrected chi connectivity index (χ2v) is 4.83. The Balaban J connectivity index is -0.000000112. The number of unbranched alkanes of at least 4 members (excludes halogenated alkanes) is 1. The second-order valence-electron chi connectivity index (χ2n) is 4.83. The van der Waals surface area contributed by atoms with Crippen LogP contribution in [0, 0.1) is 11.5 Å². The molecule has 0 aromatic carbocycles. The molecular weight excluding hydrogens is 317 g/mol. The largest absolute Gasteiger partial charge is 2.00 e. The molecule has 1 aliphatic rings. The Morgan fingerprint density at radius 1 is 1.16 bits per heavy atom. The van der Waals surface area contributed by atoms with Gasteiger partial charge >= 0.3 is 21.7 Å². The molecular formula is C14H27Cl2NOTi. The molecule has 0 saturated heterocycles. The van der Waals surface area contributed by atoms with Crippen molar-refractivity contribution >= 4 is 24.8 Å². The van der Waals surface area contributed by atoms with E-state index in [0.29, 0.717) is 6.61 Å². The van der Waals surface area contributed by atoms with Crippen molar-refractivity contribution in [3.63, 3.8) is 0 Å². The summed E-state index contributed by atoms with van der Waals surface area (Å²) in [6.07, 6.45) is 5.55. The molecule has 0 aliphatic heterocycles. The van der Waals surface area contributed by atoms with E-state index in [0.717, 1.165) is 12.8 Å². The van der Waals surface area contributed by atoms with Gasteiger partial charge in [0, 0.05) is 6.61 Å². The van der Waals surface area contributed by atoms with Crippen LogP contribution in [-0.4, -0.2) is 6.61 Å². The number of halogens is 2. The molecule has 5 heteroatoms. The quantitative estimate of drug-likeness (QED) is 0.279. The number of allylic oxidation sites excluding steroid dienone is 4. The zero-order valence-corrected chi connectivity index (χ0v) is 16.0. The SMILES string of the molecule is CC1=[C-]C(C)(C)C(C)=C1C.CCCCO[NH-].Cl.Cl.[Ti+2]. The third-order valence-corrected chi connectivity index (χ3v) is 3.16. The Kier molecular flexibility index (Phi) is 20.1. The van der Waals surface area contributed by atoms with Crippen LogP contribution in [0.1, 0.15) is 54.4 Å². The van der Waals surface area contributed by atoms with Gasteiger partial charge in [0.2, 0.25) is 0 Å². The van der Waals surface area contributed by atoms with Gasteiger partial charge < -0.3 is 10.7 Å². The fourth-order valence-corrected chi connectivity index (χ4v) is 1.62. The first-order chi connectivity index (χ1) is 7.36. The molecule has 1 N–H and O–H groups in total. The van der Waals surface area contributed by atoms with E-state index in [9.17, 15) is 0 Å². The van der Waals surface area contributed by atoms with E-state index >= 15 is 0 Å². The van der Waals surface area contributed by atoms with Gasteiger partial charge in [-0.05, 0) is 6.42 Å². The van der Waals surface area contributed by atoms with Crippen LogP contribution in [-0.2, 0) is 26.6 Å². The fourth-order valence-electron chi connectivity index (χ4n) is 1.62. The predicted molar refractivity (Wildman–Crippen MR) is 84.3 cm³/mol. The van der Waals surface area contributed by atoms with Crippen molar-refractivity contribution in [1.29, 1.82) is 0 Å². The molecule has 0 spiro atoms. The van der Waals surface area contributed by atoms with E-state index in [2.05, 4.69) is 52.5 Å². The maximum atomic E-state index is 6.21. The molecule has 2 nitrogen and oxygen atoms in total. The van der Waals surface area contributed by atoms with Crippen molar-refractivity contribution in [2.75, 3.05) is 6.61 Å². The van der Waals surface area contributed by atoms with Crippen molar-refractivity contribution in [3.05, 3.63) is 28.7 Å².